The zero-order valence-electron chi connectivity index (χ0n) is 10.9. The van der Waals surface area contributed by atoms with Crippen molar-refractivity contribution < 1.29 is 0 Å². The quantitative estimate of drug-likeness (QED) is 0.736. The van der Waals surface area contributed by atoms with Crippen LogP contribution in [-0.4, -0.2) is 6.54 Å². The molecule has 0 saturated heterocycles. The van der Waals surface area contributed by atoms with Gasteiger partial charge in [-0.05, 0) is 36.1 Å². The lowest BCUT2D eigenvalue weighted by Gasteiger charge is -2.14. The highest BCUT2D eigenvalue weighted by atomic mass is 79.9. The highest BCUT2D eigenvalue weighted by Gasteiger charge is 2.05. The molecule has 2 aromatic carbocycles. The van der Waals surface area contributed by atoms with E-state index in [-0.39, 0.29) is 0 Å². The van der Waals surface area contributed by atoms with E-state index in [0.29, 0.717) is 5.92 Å². The second-order valence-electron chi connectivity index (χ2n) is 4.65. The van der Waals surface area contributed by atoms with E-state index in [2.05, 4.69) is 58.5 Å². The van der Waals surface area contributed by atoms with Crippen molar-refractivity contribution in [3.63, 3.8) is 0 Å². The lowest BCUT2D eigenvalue weighted by molar-refractivity contribution is 0.706. The molecule has 0 aliphatic carbocycles. The van der Waals surface area contributed by atoms with Crippen LogP contribution in [0.1, 0.15) is 24.8 Å². The normalized spacial score (nSPS) is 12.2. The van der Waals surface area contributed by atoms with Crippen molar-refractivity contribution >= 4 is 33.2 Å². The maximum absolute atomic E-state index is 6.15. The number of halogens is 2. The van der Waals surface area contributed by atoms with Crippen molar-refractivity contribution in [2.24, 2.45) is 0 Å². The molecule has 0 heterocycles. The highest BCUT2D eigenvalue weighted by Crippen LogP contribution is 2.26. The molecule has 0 saturated carbocycles. The van der Waals surface area contributed by atoms with E-state index in [9.17, 15) is 0 Å². The van der Waals surface area contributed by atoms with Gasteiger partial charge in [0.1, 0.15) is 0 Å². The molecule has 1 atom stereocenters. The molecule has 100 valence electrons. The van der Waals surface area contributed by atoms with Crippen molar-refractivity contribution in [1.82, 2.24) is 0 Å². The second-order valence-corrected chi connectivity index (χ2v) is 5.97. The topological polar surface area (TPSA) is 12.0 Å². The largest absolute Gasteiger partial charge is 0.384 e. The summed E-state index contributed by atoms with van der Waals surface area (Å²) in [5.74, 6) is 0.541. The van der Waals surface area contributed by atoms with Gasteiger partial charge in [-0.3, -0.25) is 0 Å². The molecule has 0 radical (unpaired) electrons. The average molecular weight is 339 g/mol. The molecule has 0 fully saturated rings. The Morgan fingerprint density at radius 3 is 2.63 bits per heavy atom. The lowest BCUT2D eigenvalue weighted by Crippen LogP contribution is -2.06. The Kier molecular flexibility index (Phi) is 5.29. The second kappa shape index (κ2) is 6.97. The molecule has 1 nitrogen and oxygen atoms in total. The van der Waals surface area contributed by atoms with E-state index in [1.165, 1.54) is 5.56 Å². The Morgan fingerprint density at radius 1 is 1.16 bits per heavy atom. The summed E-state index contributed by atoms with van der Waals surface area (Å²) < 4.78 is 1.04. The van der Waals surface area contributed by atoms with Crippen LogP contribution in [0.4, 0.5) is 5.69 Å². The molecule has 0 aliphatic heterocycles. The van der Waals surface area contributed by atoms with Crippen LogP contribution >= 0.6 is 27.5 Å². The standard InChI is InChI=1S/C16H17BrClN/c1-12(13-5-3-2-4-6-13)9-10-19-16-11-14(17)7-8-15(16)18/h2-8,11-12,19H,9-10H2,1H3. The van der Waals surface area contributed by atoms with Gasteiger partial charge in [0, 0.05) is 11.0 Å². The van der Waals surface area contributed by atoms with E-state index < -0.39 is 0 Å². The maximum atomic E-state index is 6.15. The molecule has 2 aromatic rings. The molecular weight excluding hydrogens is 322 g/mol. The first kappa shape index (κ1) is 14.4. The van der Waals surface area contributed by atoms with Crippen LogP contribution < -0.4 is 5.32 Å². The minimum atomic E-state index is 0.541. The van der Waals surface area contributed by atoms with Gasteiger partial charge in [-0.1, -0.05) is 64.8 Å². The molecule has 2 rings (SSSR count). The van der Waals surface area contributed by atoms with Gasteiger partial charge in [0.2, 0.25) is 0 Å². The molecule has 19 heavy (non-hydrogen) atoms. The maximum Gasteiger partial charge on any atom is 0.0638 e. The van der Waals surface area contributed by atoms with Crippen LogP contribution in [0.2, 0.25) is 5.02 Å². The Balaban J connectivity index is 1.88. The molecular formula is C16H17BrClN. The summed E-state index contributed by atoms with van der Waals surface area (Å²) in [5, 5.41) is 4.15. The predicted octanol–water partition coefficient (Wildman–Crippen LogP) is 5.71. The number of rotatable bonds is 5. The van der Waals surface area contributed by atoms with Gasteiger partial charge < -0.3 is 5.32 Å². The summed E-state index contributed by atoms with van der Waals surface area (Å²) in [6.45, 7) is 3.16. The first-order valence-electron chi connectivity index (χ1n) is 6.40. The van der Waals surface area contributed by atoms with Crippen LogP contribution in [0.3, 0.4) is 0 Å². The molecule has 0 aromatic heterocycles. The Labute approximate surface area is 128 Å². The van der Waals surface area contributed by atoms with Crippen molar-refractivity contribution in [2.45, 2.75) is 19.3 Å². The Hall–Kier alpha value is -0.990. The van der Waals surface area contributed by atoms with Crippen molar-refractivity contribution in [3.05, 3.63) is 63.6 Å². The van der Waals surface area contributed by atoms with Crippen LogP contribution in [0.5, 0.6) is 0 Å². The molecule has 0 bridgehead atoms. The zero-order chi connectivity index (χ0) is 13.7. The van der Waals surface area contributed by atoms with Crippen molar-refractivity contribution in [3.8, 4) is 0 Å². The number of hydrogen-bond acceptors (Lipinski definition) is 1. The summed E-state index contributed by atoms with van der Waals surface area (Å²) in [5.41, 5.74) is 2.36. The Morgan fingerprint density at radius 2 is 1.89 bits per heavy atom. The van der Waals surface area contributed by atoms with Crippen LogP contribution in [-0.2, 0) is 0 Å². The molecule has 1 N–H and O–H groups in total. The molecule has 3 heteroatoms. The fourth-order valence-electron chi connectivity index (χ4n) is 2.00. The average Bonchev–Trinajstić information content (AvgIpc) is 2.43. The fourth-order valence-corrected chi connectivity index (χ4v) is 2.55. The predicted molar refractivity (Wildman–Crippen MR) is 87.1 cm³/mol. The summed E-state index contributed by atoms with van der Waals surface area (Å²) in [6, 6.07) is 16.4. The summed E-state index contributed by atoms with van der Waals surface area (Å²) in [7, 11) is 0. The van der Waals surface area contributed by atoms with Gasteiger partial charge in [0.15, 0.2) is 0 Å². The minimum absolute atomic E-state index is 0.541. The SMILES string of the molecule is CC(CCNc1cc(Br)ccc1Cl)c1ccccc1. The van der Waals surface area contributed by atoms with E-state index in [1.54, 1.807) is 0 Å². The number of anilines is 1. The molecule has 0 spiro atoms. The van der Waals surface area contributed by atoms with E-state index in [4.69, 9.17) is 11.6 Å². The van der Waals surface area contributed by atoms with Gasteiger partial charge in [0.05, 0.1) is 10.7 Å². The van der Waals surface area contributed by atoms with Gasteiger partial charge in [-0.25, -0.2) is 0 Å². The Bertz CT molecular complexity index is 528. The van der Waals surface area contributed by atoms with Crippen LogP contribution in [0, 0.1) is 0 Å². The number of nitrogens with one attached hydrogen (secondary N) is 1. The van der Waals surface area contributed by atoms with E-state index in [1.807, 2.05) is 18.2 Å². The minimum Gasteiger partial charge on any atom is -0.384 e. The first-order chi connectivity index (χ1) is 9.16. The first-order valence-corrected chi connectivity index (χ1v) is 7.58. The third kappa shape index (κ3) is 4.26. The van der Waals surface area contributed by atoms with Gasteiger partial charge >= 0.3 is 0 Å². The monoisotopic (exact) mass is 337 g/mol. The van der Waals surface area contributed by atoms with E-state index >= 15 is 0 Å². The summed E-state index contributed by atoms with van der Waals surface area (Å²) >= 11 is 9.60. The van der Waals surface area contributed by atoms with Gasteiger partial charge in [-0.2, -0.15) is 0 Å². The van der Waals surface area contributed by atoms with Crippen molar-refractivity contribution in [2.75, 3.05) is 11.9 Å². The molecule has 0 amide bonds. The fraction of sp³-hybridized carbons (Fsp3) is 0.250. The van der Waals surface area contributed by atoms with Crippen LogP contribution in [0.25, 0.3) is 0 Å². The van der Waals surface area contributed by atoms with Gasteiger partial charge in [0.25, 0.3) is 0 Å². The van der Waals surface area contributed by atoms with Crippen LogP contribution in [0.15, 0.2) is 53.0 Å². The number of benzene rings is 2. The zero-order valence-corrected chi connectivity index (χ0v) is 13.2. The number of hydrogen-bond donors (Lipinski definition) is 1. The van der Waals surface area contributed by atoms with E-state index in [0.717, 1.165) is 28.1 Å². The summed E-state index contributed by atoms with van der Waals surface area (Å²) in [4.78, 5) is 0. The van der Waals surface area contributed by atoms with Crippen molar-refractivity contribution in [1.29, 1.82) is 0 Å². The van der Waals surface area contributed by atoms with Gasteiger partial charge in [-0.15, -0.1) is 0 Å². The molecule has 0 aliphatic rings. The summed E-state index contributed by atoms with van der Waals surface area (Å²) in [6.07, 6.45) is 1.08. The third-order valence-electron chi connectivity index (χ3n) is 3.19. The third-order valence-corrected chi connectivity index (χ3v) is 4.01. The smallest absolute Gasteiger partial charge is 0.0638 e. The lowest BCUT2D eigenvalue weighted by atomic mass is 9.98. The highest BCUT2D eigenvalue weighted by molar-refractivity contribution is 9.10. The molecule has 1 unspecified atom stereocenters.